The largest absolute Gasteiger partial charge is 0.424 e. The molecule has 0 bridgehead atoms. The van der Waals surface area contributed by atoms with E-state index in [0.717, 1.165) is 38.8 Å². The molecule has 1 amide bonds. The number of likely N-dealkylation sites (tertiary alicyclic amines) is 1. The molecule has 1 unspecified atom stereocenters. The third kappa shape index (κ3) is 5.17. The second kappa shape index (κ2) is 9.77. The first-order chi connectivity index (χ1) is 16.2. The van der Waals surface area contributed by atoms with Crippen molar-refractivity contribution in [2.24, 2.45) is 5.92 Å². The smallest absolute Gasteiger partial charge is 0.321 e. The molecule has 33 heavy (non-hydrogen) atoms. The second-order valence-electron chi connectivity index (χ2n) is 8.51. The van der Waals surface area contributed by atoms with E-state index in [-0.39, 0.29) is 11.9 Å². The van der Waals surface area contributed by atoms with Crippen LogP contribution in [-0.4, -0.2) is 38.8 Å². The Morgan fingerprint density at radius 1 is 0.939 bits per heavy atom. The minimum absolute atomic E-state index is 0.0480. The molecular weight excluding hydrogens is 412 g/mol. The van der Waals surface area contributed by atoms with Gasteiger partial charge in [-0.05, 0) is 78.9 Å². The number of fused-ring (bicyclic) bond motifs is 1. The Labute approximate surface area is 193 Å². The van der Waals surface area contributed by atoms with Crippen molar-refractivity contribution in [3.8, 4) is 11.8 Å². The van der Waals surface area contributed by atoms with Gasteiger partial charge in [0.2, 0.25) is 0 Å². The number of nitrogens with zero attached hydrogens (tertiary/aromatic N) is 4. The monoisotopic (exact) mass is 438 g/mol. The normalized spacial score (nSPS) is 16.4. The molecule has 1 saturated heterocycles. The van der Waals surface area contributed by atoms with E-state index in [4.69, 9.17) is 4.74 Å². The summed E-state index contributed by atoms with van der Waals surface area (Å²) in [5, 5.41) is 2.40. The predicted octanol–water partition coefficient (Wildman–Crippen LogP) is 5.30. The van der Waals surface area contributed by atoms with Crippen LogP contribution in [0.3, 0.4) is 0 Å². The van der Waals surface area contributed by atoms with Gasteiger partial charge in [-0.25, -0.2) is 9.97 Å². The van der Waals surface area contributed by atoms with Crippen LogP contribution >= 0.6 is 0 Å². The van der Waals surface area contributed by atoms with Gasteiger partial charge in [0.1, 0.15) is 5.75 Å². The summed E-state index contributed by atoms with van der Waals surface area (Å²) in [7, 11) is 0. The van der Waals surface area contributed by atoms with Crippen LogP contribution in [0.4, 0.5) is 0 Å². The Kier molecular flexibility index (Phi) is 6.24. The highest BCUT2D eigenvalue weighted by Gasteiger charge is 2.22. The highest BCUT2D eigenvalue weighted by atomic mass is 16.5. The zero-order valence-corrected chi connectivity index (χ0v) is 18.4. The summed E-state index contributed by atoms with van der Waals surface area (Å²) in [5.41, 5.74) is 1.97. The van der Waals surface area contributed by atoms with Crippen LogP contribution in [0, 0.1) is 5.92 Å². The van der Waals surface area contributed by atoms with Gasteiger partial charge >= 0.3 is 6.01 Å². The van der Waals surface area contributed by atoms with Crippen LogP contribution in [-0.2, 0) is 6.42 Å². The van der Waals surface area contributed by atoms with Crippen molar-refractivity contribution in [2.75, 3.05) is 13.1 Å². The number of hydrogen-bond acceptors (Lipinski definition) is 5. The Morgan fingerprint density at radius 3 is 2.76 bits per heavy atom. The van der Waals surface area contributed by atoms with Crippen LogP contribution in [0.25, 0.3) is 10.8 Å². The van der Waals surface area contributed by atoms with Crippen LogP contribution < -0.4 is 4.74 Å². The lowest BCUT2D eigenvalue weighted by Crippen LogP contribution is -2.32. The fourth-order valence-electron chi connectivity index (χ4n) is 4.49. The van der Waals surface area contributed by atoms with Crippen molar-refractivity contribution in [3.05, 3.63) is 90.5 Å². The van der Waals surface area contributed by atoms with E-state index in [0.29, 0.717) is 17.2 Å². The van der Waals surface area contributed by atoms with E-state index in [9.17, 15) is 4.79 Å². The van der Waals surface area contributed by atoms with Crippen molar-refractivity contribution < 1.29 is 9.53 Å². The van der Waals surface area contributed by atoms with Crippen LogP contribution in [0.2, 0.25) is 0 Å². The molecule has 3 heterocycles. The Bertz CT molecular complexity index is 1250. The molecule has 0 aliphatic carbocycles. The third-order valence-corrected chi connectivity index (χ3v) is 6.20. The molecule has 6 nitrogen and oxygen atoms in total. The first-order valence-electron chi connectivity index (χ1n) is 11.4. The Morgan fingerprint density at radius 2 is 1.85 bits per heavy atom. The Hall–Kier alpha value is -3.80. The standard InChI is InChI=1S/C27H26N4O2/c32-26(23-5-1-6-25(18-23)33-27-29-11-3-12-30-27)31-14-2-4-20(10-15-31)16-21-7-8-22-9-13-28-19-24(22)17-21/h1,3,5-9,11-13,17-20H,2,4,10,14-16H2. The van der Waals surface area contributed by atoms with Gasteiger partial charge in [0.05, 0.1) is 0 Å². The van der Waals surface area contributed by atoms with Gasteiger partial charge in [-0.3, -0.25) is 9.78 Å². The summed E-state index contributed by atoms with van der Waals surface area (Å²) in [6.07, 6.45) is 11.2. The molecule has 0 N–H and O–H groups in total. The molecule has 0 saturated carbocycles. The zero-order chi connectivity index (χ0) is 22.5. The predicted molar refractivity (Wildman–Crippen MR) is 127 cm³/mol. The summed E-state index contributed by atoms with van der Waals surface area (Å²) in [5.74, 6) is 1.18. The van der Waals surface area contributed by atoms with E-state index in [1.165, 1.54) is 16.3 Å². The van der Waals surface area contributed by atoms with Gasteiger partial charge < -0.3 is 9.64 Å². The van der Waals surface area contributed by atoms with Crippen molar-refractivity contribution in [3.63, 3.8) is 0 Å². The molecule has 4 aromatic rings. The van der Waals surface area contributed by atoms with Gasteiger partial charge in [0, 0.05) is 48.8 Å². The number of pyridine rings is 1. The van der Waals surface area contributed by atoms with Crippen LogP contribution in [0.5, 0.6) is 11.8 Å². The minimum atomic E-state index is 0.0480. The lowest BCUT2D eigenvalue weighted by Gasteiger charge is -2.21. The molecule has 1 atom stereocenters. The number of hydrogen-bond donors (Lipinski definition) is 0. The number of ether oxygens (including phenoxy) is 1. The minimum Gasteiger partial charge on any atom is -0.424 e. The van der Waals surface area contributed by atoms with Gasteiger partial charge in [-0.2, -0.15) is 0 Å². The quantitative estimate of drug-likeness (QED) is 0.423. The maximum Gasteiger partial charge on any atom is 0.321 e. The molecule has 2 aromatic carbocycles. The lowest BCUT2D eigenvalue weighted by molar-refractivity contribution is 0.0759. The summed E-state index contributed by atoms with van der Waals surface area (Å²) in [6.45, 7) is 1.55. The molecular formula is C27H26N4O2. The molecule has 166 valence electrons. The summed E-state index contributed by atoms with van der Waals surface area (Å²) < 4.78 is 5.70. The lowest BCUT2D eigenvalue weighted by atomic mass is 9.92. The van der Waals surface area contributed by atoms with Gasteiger partial charge in [0.25, 0.3) is 5.91 Å². The molecule has 5 rings (SSSR count). The van der Waals surface area contributed by atoms with Crippen molar-refractivity contribution >= 4 is 16.7 Å². The molecule has 1 aliphatic rings. The average Bonchev–Trinajstić information content (AvgIpc) is 3.10. The number of carbonyl (C=O) groups excluding carboxylic acids is 1. The van der Waals surface area contributed by atoms with Gasteiger partial charge in [0.15, 0.2) is 0 Å². The number of rotatable bonds is 5. The third-order valence-electron chi connectivity index (χ3n) is 6.20. The number of carbonyl (C=O) groups is 1. The van der Waals surface area contributed by atoms with Crippen molar-refractivity contribution in [1.29, 1.82) is 0 Å². The van der Waals surface area contributed by atoms with Crippen LogP contribution in [0.1, 0.15) is 35.2 Å². The van der Waals surface area contributed by atoms with Gasteiger partial charge in [-0.15, -0.1) is 0 Å². The van der Waals surface area contributed by atoms with E-state index in [1.54, 1.807) is 24.5 Å². The molecule has 0 radical (unpaired) electrons. The maximum atomic E-state index is 13.2. The fourth-order valence-corrected chi connectivity index (χ4v) is 4.49. The molecule has 1 aliphatic heterocycles. The second-order valence-corrected chi connectivity index (χ2v) is 8.51. The van der Waals surface area contributed by atoms with Crippen molar-refractivity contribution in [1.82, 2.24) is 19.9 Å². The van der Waals surface area contributed by atoms with E-state index >= 15 is 0 Å². The Balaban J connectivity index is 1.22. The van der Waals surface area contributed by atoms with Crippen LogP contribution in [0.15, 0.2) is 79.4 Å². The van der Waals surface area contributed by atoms with Gasteiger partial charge in [-0.1, -0.05) is 18.2 Å². The highest BCUT2D eigenvalue weighted by Crippen LogP contribution is 2.26. The van der Waals surface area contributed by atoms with E-state index in [2.05, 4.69) is 33.2 Å². The maximum absolute atomic E-state index is 13.2. The SMILES string of the molecule is O=C(c1cccc(Oc2ncccn2)c1)N1CCCC(Cc2ccc3ccncc3c2)CC1. The number of benzene rings is 2. The topological polar surface area (TPSA) is 68.2 Å². The summed E-state index contributed by atoms with van der Waals surface area (Å²) in [4.78, 5) is 27.6. The first-order valence-corrected chi connectivity index (χ1v) is 11.4. The molecule has 2 aromatic heterocycles. The fraction of sp³-hybridized carbons (Fsp3) is 0.259. The first kappa shape index (κ1) is 21.1. The molecule has 0 spiro atoms. The summed E-state index contributed by atoms with van der Waals surface area (Å²) in [6, 6.07) is 17.9. The molecule has 6 heteroatoms. The number of aromatic nitrogens is 3. The van der Waals surface area contributed by atoms with E-state index < -0.39 is 0 Å². The van der Waals surface area contributed by atoms with E-state index in [1.807, 2.05) is 41.6 Å². The highest BCUT2D eigenvalue weighted by molar-refractivity contribution is 5.94. The number of amides is 1. The zero-order valence-electron chi connectivity index (χ0n) is 18.4. The summed E-state index contributed by atoms with van der Waals surface area (Å²) >= 11 is 0. The molecule has 1 fully saturated rings. The van der Waals surface area contributed by atoms with Crippen molar-refractivity contribution in [2.45, 2.75) is 25.7 Å². The average molecular weight is 439 g/mol.